The Morgan fingerprint density at radius 3 is 1.80 bits per heavy atom. The van der Waals surface area contributed by atoms with Gasteiger partial charge in [-0.1, -0.05) is 60.7 Å². The Bertz CT molecular complexity index is 664. The SMILES string of the molecule is O=C(O)c1ccc(-c2ccc(C3C=CC=C3)cc2)cc1. The smallest absolute Gasteiger partial charge is 0.335 e. The molecular formula is C18H14O2. The number of carbonyl (C=O) groups is 1. The molecule has 0 unspecified atom stereocenters. The summed E-state index contributed by atoms with van der Waals surface area (Å²) in [6.07, 6.45) is 8.44. The van der Waals surface area contributed by atoms with E-state index in [-0.39, 0.29) is 0 Å². The van der Waals surface area contributed by atoms with Crippen LogP contribution >= 0.6 is 0 Å². The molecule has 2 aromatic carbocycles. The Kier molecular flexibility index (Phi) is 3.21. The van der Waals surface area contributed by atoms with E-state index >= 15 is 0 Å². The average Bonchev–Trinajstić information content (AvgIpc) is 3.02. The first-order chi connectivity index (χ1) is 9.74. The summed E-state index contributed by atoms with van der Waals surface area (Å²) in [5.74, 6) is -0.523. The van der Waals surface area contributed by atoms with Gasteiger partial charge in [-0.2, -0.15) is 0 Å². The molecule has 0 aromatic heterocycles. The number of allylic oxidation sites excluding steroid dienone is 4. The minimum Gasteiger partial charge on any atom is -0.478 e. The number of aromatic carboxylic acids is 1. The van der Waals surface area contributed by atoms with Crippen molar-refractivity contribution < 1.29 is 9.90 Å². The number of carboxylic acids is 1. The van der Waals surface area contributed by atoms with Gasteiger partial charge in [0.05, 0.1) is 5.56 Å². The highest BCUT2D eigenvalue weighted by Crippen LogP contribution is 2.26. The molecule has 2 heteroatoms. The number of hydrogen-bond donors (Lipinski definition) is 1. The van der Waals surface area contributed by atoms with Crippen LogP contribution in [0.1, 0.15) is 21.8 Å². The van der Waals surface area contributed by atoms with Crippen molar-refractivity contribution in [3.8, 4) is 11.1 Å². The Morgan fingerprint density at radius 2 is 1.30 bits per heavy atom. The second kappa shape index (κ2) is 5.17. The third-order valence-electron chi connectivity index (χ3n) is 3.51. The van der Waals surface area contributed by atoms with Gasteiger partial charge in [0.25, 0.3) is 0 Å². The molecule has 0 radical (unpaired) electrons. The molecule has 0 heterocycles. The average molecular weight is 262 g/mol. The molecule has 0 saturated heterocycles. The highest BCUT2D eigenvalue weighted by atomic mass is 16.4. The molecule has 0 spiro atoms. The van der Waals surface area contributed by atoms with Crippen LogP contribution in [0.15, 0.2) is 72.8 Å². The topological polar surface area (TPSA) is 37.3 Å². The van der Waals surface area contributed by atoms with E-state index in [0.717, 1.165) is 11.1 Å². The number of hydrogen-bond acceptors (Lipinski definition) is 1. The van der Waals surface area contributed by atoms with Crippen molar-refractivity contribution in [1.29, 1.82) is 0 Å². The highest BCUT2D eigenvalue weighted by Gasteiger charge is 2.07. The van der Waals surface area contributed by atoms with Crippen molar-refractivity contribution in [2.45, 2.75) is 5.92 Å². The largest absolute Gasteiger partial charge is 0.478 e. The zero-order valence-corrected chi connectivity index (χ0v) is 10.9. The second-order valence-electron chi connectivity index (χ2n) is 4.80. The van der Waals surface area contributed by atoms with Gasteiger partial charge in [0, 0.05) is 5.92 Å². The zero-order valence-electron chi connectivity index (χ0n) is 10.9. The van der Waals surface area contributed by atoms with Crippen LogP contribution in [0, 0.1) is 0 Å². The summed E-state index contributed by atoms with van der Waals surface area (Å²) >= 11 is 0. The monoisotopic (exact) mass is 262 g/mol. The first-order valence-electron chi connectivity index (χ1n) is 6.53. The summed E-state index contributed by atoms with van der Waals surface area (Å²) in [4.78, 5) is 10.8. The molecule has 20 heavy (non-hydrogen) atoms. The predicted octanol–water partition coefficient (Wildman–Crippen LogP) is 4.26. The fourth-order valence-electron chi connectivity index (χ4n) is 2.36. The molecule has 2 aromatic rings. The predicted molar refractivity (Wildman–Crippen MR) is 79.9 cm³/mol. The zero-order chi connectivity index (χ0) is 13.9. The van der Waals surface area contributed by atoms with E-state index in [2.05, 4.69) is 48.6 Å². The van der Waals surface area contributed by atoms with Gasteiger partial charge < -0.3 is 5.11 Å². The number of benzene rings is 2. The first kappa shape index (κ1) is 12.4. The van der Waals surface area contributed by atoms with Crippen LogP contribution in [-0.2, 0) is 0 Å². The third kappa shape index (κ3) is 2.41. The maximum Gasteiger partial charge on any atom is 0.335 e. The molecule has 0 amide bonds. The number of rotatable bonds is 3. The molecule has 0 atom stereocenters. The lowest BCUT2D eigenvalue weighted by molar-refractivity contribution is 0.0697. The van der Waals surface area contributed by atoms with Gasteiger partial charge in [0.2, 0.25) is 0 Å². The van der Waals surface area contributed by atoms with Gasteiger partial charge in [0.15, 0.2) is 0 Å². The summed E-state index contributed by atoms with van der Waals surface area (Å²) < 4.78 is 0. The summed E-state index contributed by atoms with van der Waals surface area (Å²) in [6.45, 7) is 0. The van der Waals surface area contributed by atoms with E-state index in [1.54, 1.807) is 12.1 Å². The second-order valence-corrected chi connectivity index (χ2v) is 4.80. The normalized spacial score (nSPS) is 13.8. The van der Waals surface area contributed by atoms with Gasteiger partial charge in [-0.25, -0.2) is 4.79 Å². The Labute approximate surface area is 117 Å². The maximum atomic E-state index is 10.8. The fourth-order valence-corrected chi connectivity index (χ4v) is 2.36. The maximum absolute atomic E-state index is 10.8. The van der Waals surface area contributed by atoms with Crippen molar-refractivity contribution in [1.82, 2.24) is 0 Å². The van der Waals surface area contributed by atoms with Crippen LogP contribution in [0.5, 0.6) is 0 Å². The van der Waals surface area contributed by atoms with E-state index < -0.39 is 5.97 Å². The summed E-state index contributed by atoms with van der Waals surface area (Å²) in [5, 5.41) is 8.89. The standard InChI is InChI=1S/C18H14O2/c19-18(20)17-11-9-16(10-12-17)15-7-5-14(6-8-15)13-3-1-2-4-13/h1-13H,(H,19,20). The number of carboxylic acid groups (broad SMARTS) is 1. The quantitative estimate of drug-likeness (QED) is 0.897. The van der Waals surface area contributed by atoms with E-state index in [4.69, 9.17) is 5.11 Å². The molecule has 1 aliphatic rings. The van der Waals surface area contributed by atoms with Gasteiger partial charge in [-0.05, 0) is 28.8 Å². The van der Waals surface area contributed by atoms with E-state index in [0.29, 0.717) is 11.5 Å². The molecule has 0 bridgehead atoms. The molecule has 98 valence electrons. The first-order valence-corrected chi connectivity index (χ1v) is 6.53. The minimum atomic E-state index is -0.897. The molecule has 0 aliphatic heterocycles. The van der Waals surface area contributed by atoms with Gasteiger partial charge in [-0.15, -0.1) is 0 Å². The summed E-state index contributed by atoms with van der Waals surface area (Å²) in [6, 6.07) is 15.3. The molecule has 2 nitrogen and oxygen atoms in total. The van der Waals surface area contributed by atoms with Gasteiger partial charge >= 0.3 is 5.97 Å². The van der Waals surface area contributed by atoms with Crippen LogP contribution in [0.4, 0.5) is 0 Å². The molecular weight excluding hydrogens is 248 g/mol. The van der Waals surface area contributed by atoms with Crippen LogP contribution < -0.4 is 0 Å². The lowest BCUT2D eigenvalue weighted by Gasteiger charge is -2.08. The Hall–Kier alpha value is -2.61. The molecule has 0 saturated carbocycles. The minimum absolute atomic E-state index is 0.312. The van der Waals surface area contributed by atoms with Crippen molar-refractivity contribution in [2.24, 2.45) is 0 Å². The Morgan fingerprint density at radius 1 is 0.800 bits per heavy atom. The van der Waals surface area contributed by atoms with Gasteiger partial charge in [-0.3, -0.25) is 0 Å². The summed E-state index contributed by atoms with van der Waals surface area (Å²) in [5.41, 5.74) is 3.70. The Balaban J connectivity index is 1.85. The van der Waals surface area contributed by atoms with Crippen molar-refractivity contribution in [3.63, 3.8) is 0 Å². The molecule has 0 fully saturated rings. The molecule has 1 N–H and O–H groups in total. The van der Waals surface area contributed by atoms with E-state index in [1.807, 2.05) is 12.1 Å². The van der Waals surface area contributed by atoms with Gasteiger partial charge in [0.1, 0.15) is 0 Å². The van der Waals surface area contributed by atoms with Crippen LogP contribution in [0.3, 0.4) is 0 Å². The lowest BCUT2D eigenvalue weighted by Crippen LogP contribution is -1.95. The van der Waals surface area contributed by atoms with Crippen molar-refractivity contribution >= 4 is 5.97 Å². The highest BCUT2D eigenvalue weighted by molar-refractivity contribution is 5.88. The van der Waals surface area contributed by atoms with Crippen LogP contribution in [-0.4, -0.2) is 11.1 Å². The van der Waals surface area contributed by atoms with Crippen molar-refractivity contribution in [2.75, 3.05) is 0 Å². The van der Waals surface area contributed by atoms with E-state index in [1.165, 1.54) is 5.56 Å². The van der Waals surface area contributed by atoms with Crippen molar-refractivity contribution in [3.05, 3.63) is 84.0 Å². The fraction of sp³-hybridized carbons (Fsp3) is 0.0556. The van der Waals surface area contributed by atoms with E-state index in [9.17, 15) is 4.79 Å². The van der Waals surface area contributed by atoms with Crippen LogP contribution in [0.25, 0.3) is 11.1 Å². The molecule has 3 rings (SSSR count). The van der Waals surface area contributed by atoms with Crippen LogP contribution in [0.2, 0.25) is 0 Å². The third-order valence-corrected chi connectivity index (χ3v) is 3.51. The molecule has 1 aliphatic carbocycles. The summed E-state index contributed by atoms with van der Waals surface area (Å²) in [7, 11) is 0. The lowest BCUT2D eigenvalue weighted by atomic mass is 9.97.